The van der Waals surface area contributed by atoms with Crippen molar-refractivity contribution >= 4 is 28.2 Å². The number of nitrogens with one attached hydrogen (secondary N) is 3. The van der Waals surface area contributed by atoms with E-state index in [1.165, 1.54) is 11.3 Å². The molecule has 2 heterocycles. The molecule has 3 N–H and O–H groups in total. The van der Waals surface area contributed by atoms with Crippen molar-refractivity contribution in [1.29, 1.82) is 0 Å². The van der Waals surface area contributed by atoms with Crippen LogP contribution in [0.5, 0.6) is 0 Å². The van der Waals surface area contributed by atoms with Crippen LogP contribution in [-0.2, 0) is 0 Å². The third-order valence-corrected chi connectivity index (χ3v) is 3.41. The standard InChI is InChI=1S/C14H19N5OS/c1-2-6-15-8-9-17-13(20)11-10-21-14(18-11)19-12-5-3-4-7-16-12/h3-5,7,10,15H,2,6,8-9H2,1H3,(H,17,20)(H,16,18,19). The van der Waals surface area contributed by atoms with Crippen molar-refractivity contribution in [3.05, 3.63) is 35.5 Å². The number of hydrogen-bond donors (Lipinski definition) is 3. The lowest BCUT2D eigenvalue weighted by atomic mass is 10.4. The van der Waals surface area contributed by atoms with Crippen LogP contribution in [0.25, 0.3) is 0 Å². The highest BCUT2D eigenvalue weighted by Gasteiger charge is 2.10. The van der Waals surface area contributed by atoms with Crippen molar-refractivity contribution in [2.45, 2.75) is 13.3 Å². The molecule has 0 radical (unpaired) electrons. The SMILES string of the molecule is CCCNCCNC(=O)c1csc(Nc2ccccn2)n1. The van der Waals surface area contributed by atoms with E-state index in [1.54, 1.807) is 11.6 Å². The number of amides is 1. The lowest BCUT2D eigenvalue weighted by Crippen LogP contribution is -2.32. The molecule has 2 aromatic heterocycles. The first-order valence-electron chi connectivity index (χ1n) is 6.92. The van der Waals surface area contributed by atoms with E-state index in [-0.39, 0.29) is 5.91 Å². The number of carbonyl (C=O) groups is 1. The number of anilines is 2. The van der Waals surface area contributed by atoms with Crippen molar-refractivity contribution < 1.29 is 4.79 Å². The zero-order valence-electron chi connectivity index (χ0n) is 11.9. The molecule has 0 aromatic carbocycles. The van der Waals surface area contributed by atoms with Crippen molar-refractivity contribution in [1.82, 2.24) is 20.6 Å². The van der Waals surface area contributed by atoms with Gasteiger partial charge in [0.15, 0.2) is 5.13 Å². The smallest absolute Gasteiger partial charge is 0.270 e. The fourth-order valence-corrected chi connectivity index (χ4v) is 2.34. The number of nitrogens with zero attached hydrogens (tertiary/aromatic N) is 2. The van der Waals surface area contributed by atoms with Gasteiger partial charge in [-0.3, -0.25) is 4.79 Å². The molecule has 2 rings (SSSR count). The summed E-state index contributed by atoms with van der Waals surface area (Å²) in [5.41, 5.74) is 0.425. The second kappa shape index (κ2) is 8.33. The van der Waals surface area contributed by atoms with Gasteiger partial charge in [0, 0.05) is 24.7 Å². The molecule has 6 nitrogen and oxygen atoms in total. The lowest BCUT2D eigenvalue weighted by molar-refractivity contribution is 0.0950. The first-order chi connectivity index (χ1) is 10.3. The largest absolute Gasteiger partial charge is 0.349 e. The third-order valence-electron chi connectivity index (χ3n) is 2.65. The van der Waals surface area contributed by atoms with Gasteiger partial charge in [-0.1, -0.05) is 13.0 Å². The molecule has 0 aliphatic heterocycles. The molecule has 7 heteroatoms. The van der Waals surface area contributed by atoms with Crippen molar-refractivity contribution in [3.63, 3.8) is 0 Å². The summed E-state index contributed by atoms with van der Waals surface area (Å²) >= 11 is 1.38. The van der Waals surface area contributed by atoms with E-state index >= 15 is 0 Å². The summed E-state index contributed by atoms with van der Waals surface area (Å²) in [5.74, 6) is 0.557. The monoisotopic (exact) mass is 305 g/mol. The molecule has 0 spiro atoms. The maximum absolute atomic E-state index is 11.9. The minimum absolute atomic E-state index is 0.154. The van der Waals surface area contributed by atoms with E-state index < -0.39 is 0 Å². The van der Waals surface area contributed by atoms with Crippen molar-refractivity contribution in [2.75, 3.05) is 25.0 Å². The second-order valence-corrected chi connectivity index (χ2v) is 5.24. The van der Waals surface area contributed by atoms with Crippen molar-refractivity contribution in [3.8, 4) is 0 Å². The molecule has 0 unspecified atom stereocenters. The molecule has 0 saturated heterocycles. The Morgan fingerprint density at radius 2 is 2.19 bits per heavy atom. The summed E-state index contributed by atoms with van der Waals surface area (Å²) < 4.78 is 0. The Morgan fingerprint density at radius 1 is 1.29 bits per heavy atom. The average molecular weight is 305 g/mol. The van der Waals surface area contributed by atoms with E-state index in [0.29, 0.717) is 23.2 Å². The van der Waals surface area contributed by atoms with E-state index in [4.69, 9.17) is 0 Å². The highest BCUT2D eigenvalue weighted by Crippen LogP contribution is 2.19. The molecule has 1 amide bonds. The molecule has 2 aromatic rings. The summed E-state index contributed by atoms with van der Waals surface area (Å²) in [6.07, 6.45) is 2.79. The highest BCUT2D eigenvalue weighted by atomic mass is 32.1. The Hall–Kier alpha value is -1.99. The summed E-state index contributed by atoms with van der Waals surface area (Å²) in [5, 5.41) is 11.5. The quantitative estimate of drug-likeness (QED) is 0.650. The minimum atomic E-state index is -0.154. The minimum Gasteiger partial charge on any atom is -0.349 e. The second-order valence-electron chi connectivity index (χ2n) is 4.38. The molecule has 0 fully saturated rings. The topological polar surface area (TPSA) is 78.9 Å². The van der Waals surface area contributed by atoms with Gasteiger partial charge < -0.3 is 16.0 Å². The Bertz CT molecular complexity index is 558. The van der Waals surface area contributed by atoms with Crippen LogP contribution in [0.3, 0.4) is 0 Å². The van der Waals surface area contributed by atoms with Gasteiger partial charge >= 0.3 is 0 Å². The molecule has 0 aliphatic rings. The molecule has 0 atom stereocenters. The van der Waals surface area contributed by atoms with Gasteiger partial charge in [-0.25, -0.2) is 9.97 Å². The summed E-state index contributed by atoms with van der Waals surface area (Å²) in [6, 6.07) is 5.58. The van der Waals surface area contributed by atoms with Crippen LogP contribution in [-0.4, -0.2) is 35.5 Å². The highest BCUT2D eigenvalue weighted by molar-refractivity contribution is 7.14. The molecule has 112 valence electrons. The zero-order valence-corrected chi connectivity index (χ0v) is 12.7. The zero-order chi connectivity index (χ0) is 14.9. The summed E-state index contributed by atoms with van der Waals surface area (Å²) in [4.78, 5) is 20.3. The number of pyridine rings is 1. The Balaban J connectivity index is 1.80. The third kappa shape index (κ3) is 5.13. The predicted molar refractivity (Wildman–Crippen MR) is 85.1 cm³/mol. The van der Waals surface area contributed by atoms with Crippen LogP contribution in [0, 0.1) is 0 Å². The van der Waals surface area contributed by atoms with Crippen LogP contribution in [0.2, 0.25) is 0 Å². The molecular formula is C14H19N5OS. The Morgan fingerprint density at radius 3 is 2.95 bits per heavy atom. The van der Waals surface area contributed by atoms with Gasteiger partial charge in [0.1, 0.15) is 11.5 Å². The van der Waals surface area contributed by atoms with E-state index in [1.807, 2.05) is 18.2 Å². The Labute approximate surface area is 128 Å². The van der Waals surface area contributed by atoms with Crippen LogP contribution in [0.15, 0.2) is 29.8 Å². The van der Waals surface area contributed by atoms with Gasteiger partial charge in [0.2, 0.25) is 0 Å². The Kier molecular flexibility index (Phi) is 6.11. The number of carbonyl (C=O) groups excluding carboxylic acids is 1. The number of rotatable bonds is 8. The van der Waals surface area contributed by atoms with Crippen LogP contribution in [0.1, 0.15) is 23.8 Å². The summed E-state index contributed by atoms with van der Waals surface area (Å²) in [6.45, 7) is 4.43. The normalized spacial score (nSPS) is 10.3. The van der Waals surface area contributed by atoms with Crippen molar-refractivity contribution in [2.24, 2.45) is 0 Å². The first kappa shape index (κ1) is 15.4. The molecule has 0 bridgehead atoms. The fraction of sp³-hybridized carbons (Fsp3) is 0.357. The molecule has 21 heavy (non-hydrogen) atoms. The molecule has 0 saturated carbocycles. The summed E-state index contributed by atoms with van der Waals surface area (Å²) in [7, 11) is 0. The van der Waals surface area contributed by atoms with Crippen LogP contribution >= 0.6 is 11.3 Å². The lowest BCUT2D eigenvalue weighted by Gasteiger charge is -2.04. The van der Waals surface area contributed by atoms with E-state index in [2.05, 4.69) is 32.8 Å². The van der Waals surface area contributed by atoms with Gasteiger partial charge in [0.05, 0.1) is 0 Å². The van der Waals surface area contributed by atoms with Gasteiger partial charge in [0.25, 0.3) is 5.91 Å². The van der Waals surface area contributed by atoms with Gasteiger partial charge in [-0.15, -0.1) is 11.3 Å². The predicted octanol–water partition coefficient (Wildman–Crippen LogP) is 2.01. The van der Waals surface area contributed by atoms with Gasteiger partial charge in [-0.05, 0) is 25.1 Å². The number of thiazole rings is 1. The first-order valence-corrected chi connectivity index (χ1v) is 7.80. The van der Waals surface area contributed by atoms with Gasteiger partial charge in [-0.2, -0.15) is 0 Å². The maximum atomic E-state index is 11.9. The van der Waals surface area contributed by atoms with Crippen LogP contribution in [0.4, 0.5) is 10.9 Å². The molecule has 0 aliphatic carbocycles. The van der Waals surface area contributed by atoms with E-state index in [0.717, 1.165) is 19.5 Å². The van der Waals surface area contributed by atoms with E-state index in [9.17, 15) is 4.79 Å². The number of aromatic nitrogens is 2. The fourth-order valence-electron chi connectivity index (χ4n) is 1.64. The maximum Gasteiger partial charge on any atom is 0.270 e. The molecular weight excluding hydrogens is 286 g/mol. The van der Waals surface area contributed by atoms with Crippen LogP contribution < -0.4 is 16.0 Å². The average Bonchev–Trinajstić information content (AvgIpc) is 2.96. The number of hydrogen-bond acceptors (Lipinski definition) is 6.